The summed E-state index contributed by atoms with van der Waals surface area (Å²) < 4.78 is 38.0. The molecule has 0 aliphatic carbocycles. The minimum atomic E-state index is -4.48. The number of hydrogen-bond acceptors (Lipinski definition) is 4. The van der Waals surface area contributed by atoms with E-state index in [1.54, 1.807) is 11.0 Å². The number of amides is 1. The monoisotopic (exact) mass is 373 g/mol. The van der Waals surface area contributed by atoms with E-state index in [0.717, 1.165) is 12.3 Å². The molecule has 1 amide bonds. The number of carbonyl (C=O) groups excluding carboxylic acids is 1. The van der Waals surface area contributed by atoms with Gasteiger partial charge in [-0.25, -0.2) is 4.98 Å². The lowest BCUT2D eigenvalue weighted by Gasteiger charge is -2.32. The number of rotatable bonds is 3. The number of anilines is 2. The van der Waals surface area contributed by atoms with Crippen LogP contribution in [0.1, 0.15) is 18.4 Å². The van der Waals surface area contributed by atoms with E-state index in [0.29, 0.717) is 37.6 Å². The zero-order chi connectivity index (χ0) is 18.0. The molecule has 0 radical (unpaired) electrons. The van der Waals surface area contributed by atoms with E-state index < -0.39 is 11.7 Å². The Morgan fingerprint density at radius 2 is 2.08 bits per heavy atom. The summed E-state index contributed by atoms with van der Waals surface area (Å²) in [6, 6.07) is 2.53. The van der Waals surface area contributed by atoms with E-state index in [9.17, 15) is 18.0 Å². The summed E-state index contributed by atoms with van der Waals surface area (Å²) in [5.41, 5.74) is -0.880. The van der Waals surface area contributed by atoms with Crippen LogP contribution in [0.5, 0.6) is 0 Å². The first-order chi connectivity index (χ1) is 11.8. The molecule has 0 aromatic carbocycles. The van der Waals surface area contributed by atoms with Crippen molar-refractivity contribution in [1.29, 1.82) is 0 Å². The van der Waals surface area contributed by atoms with Gasteiger partial charge in [0.25, 0.3) is 0 Å². The Bertz CT molecular complexity index is 742. The smallest absolute Gasteiger partial charge is 0.355 e. The fourth-order valence-corrected chi connectivity index (χ4v) is 3.02. The van der Waals surface area contributed by atoms with Crippen molar-refractivity contribution in [2.45, 2.75) is 19.0 Å². The van der Waals surface area contributed by atoms with Gasteiger partial charge in [0.1, 0.15) is 11.6 Å². The fourth-order valence-electron chi connectivity index (χ4n) is 2.73. The molecule has 2 N–H and O–H groups in total. The Morgan fingerprint density at radius 1 is 1.36 bits per heavy atom. The Labute approximate surface area is 146 Å². The number of nitrogens with zero attached hydrogens (tertiary/aromatic N) is 3. The molecule has 1 aliphatic heterocycles. The van der Waals surface area contributed by atoms with Gasteiger partial charge >= 0.3 is 6.18 Å². The zero-order valence-electron chi connectivity index (χ0n) is 13.0. The van der Waals surface area contributed by atoms with Crippen molar-refractivity contribution >= 4 is 29.1 Å². The predicted octanol–water partition coefficient (Wildman–Crippen LogP) is 3.33. The molecule has 2 aromatic rings. The van der Waals surface area contributed by atoms with Crippen LogP contribution in [0.2, 0.25) is 5.02 Å². The van der Waals surface area contributed by atoms with Gasteiger partial charge in [-0.2, -0.15) is 18.3 Å². The standard InChI is InChI=1S/C15H15ClF3N5O/c16-11-7-10(15(17,18)19)8-20-13(11)24-5-2-9(3-6-24)14(25)22-12-1-4-21-23-12/h1,4,7-9H,2-3,5-6H2,(H2,21,22,23,25). The van der Waals surface area contributed by atoms with Crippen molar-refractivity contribution in [3.63, 3.8) is 0 Å². The summed E-state index contributed by atoms with van der Waals surface area (Å²) in [4.78, 5) is 17.8. The molecule has 1 fully saturated rings. The number of nitrogens with one attached hydrogen (secondary N) is 2. The van der Waals surface area contributed by atoms with E-state index >= 15 is 0 Å². The number of piperidine rings is 1. The number of alkyl halides is 3. The summed E-state index contributed by atoms with van der Waals surface area (Å²) in [5, 5.41) is 9.10. The zero-order valence-corrected chi connectivity index (χ0v) is 13.7. The van der Waals surface area contributed by atoms with Gasteiger partial charge in [0.15, 0.2) is 0 Å². The summed E-state index contributed by atoms with van der Waals surface area (Å²) in [5.74, 6) is 0.533. The average molecular weight is 374 g/mol. The van der Waals surface area contributed by atoms with Gasteiger partial charge in [0.2, 0.25) is 5.91 Å². The molecule has 0 spiro atoms. The number of carbonyl (C=O) groups is 1. The molecular formula is C15H15ClF3N5O. The molecular weight excluding hydrogens is 359 g/mol. The van der Waals surface area contributed by atoms with Crippen molar-refractivity contribution < 1.29 is 18.0 Å². The first-order valence-electron chi connectivity index (χ1n) is 7.62. The van der Waals surface area contributed by atoms with Gasteiger partial charge in [0.05, 0.1) is 16.8 Å². The van der Waals surface area contributed by atoms with Crippen LogP contribution in [-0.2, 0) is 11.0 Å². The summed E-state index contributed by atoms with van der Waals surface area (Å²) in [6.45, 7) is 0.971. The highest BCUT2D eigenvalue weighted by Crippen LogP contribution is 2.34. The normalized spacial score (nSPS) is 16.1. The van der Waals surface area contributed by atoms with Gasteiger partial charge in [-0.1, -0.05) is 11.6 Å². The van der Waals surface area contributed by atoms with Crippen molar-refractivity contribution in [3.05, 3.63) is 35.1 Å². The number of H-pyrrole nitrogens is 1. The number of hydrogen-bond donors (Lipinski definition) is 2. The number of pyridine rings is 1. The number of aromatic amines is 1. The SMILES string of the molecule is O=C(Nc1ccn[nH]1)C1CCN(c2ncc(C(F)(F)F)cc2Cl)CC1. The van der Waals surface area contributed by atoms with E-state index in [1.807, 2.05) is 0 Å². The highest BCUT2D eigenvalue weighted by atomic mass is 35.5. The summed E-state index contributed by atoms with van der Waals surface area (Å²) in [7, 11) is 0. The van der Waals surface area contributed by atoms with Crippen LogP contribution in [0.15, 0.2) is 24.5 Å². The topological polar surface area (TPSA) is 73.9 Å². The highest BCUT2D eigenvalue weighted by Gasteiger charge is 2.33. The maximum Gasteiger partial charge on any atom is 0.417 e. The largest absolute Gasteiger partial charge is 0.417 e. The molecule has 25 heavy (non-hydrogen) atoms. The molecule has 3 heterocycles. The Hall–Kier alpha value is -2.29. The highest BCUT2D eigenvalue weighted by molar-refractivity contribution is 6.33. The Morgan fingerprint density at radius 3 is 2.64 bits per heavy atom. The molecule has 0 atom stereocenters. The van der Waals surface area contributed by atoms with Crippen molar-refractivity contribution in [2.75, 3.05) is 23.3 Å². The van der Waals surface area contributed by atoms with E-state index in [1.165, 1.54) is 6.20 Å². The molecule has 10 heteroatoms. The third kappa shape index (κ3) is 4.04. The van der Waals surface area contributed by atoms with Crippen molar-refractivity contribution in [2.24, 2.45) is 5.92 Å². The quantitative estimate of drug-likeness (QED) is 0.865. The third-order valence-electron chi connectivity index (χ3n) is 4.07. The maximum atomic E-state index is 12.7. The molecule has 0 bridgehead atoms. The van der Waals surface area contributed by atoms with Crippen LogP contribution in [0.4, 0.5) is 24.8 Å². The third-order valence-corrected chi connectivity index (χ3v) is 4.35. The lowest BCUT2D eigenvalue weighted by atomic mass is 9.96. The molecule has 1 aliphatic rings. The molecule has 6 nitrogen and oxygen atoms in total. The van der Waals surface area contributed by atoms with Crippen LogP contribution in [-0.4, -0.2) is 34.2 Å². The van der Waals surface area contributed by atoms with Gasteiger partial charge in [0, 0.05) is 31.3 Å². The van der Waals surface area contributed by atoms with Gasteiger partial charge in [-0.05, 0) is 18.9 Å². The van der Waals surface area contributed by atoms with Crippen molar-refractivity contribution in [1.82, 2.24) is 15.2 Å². The lowest BCUT2D eigenvalue weighted by Crippen LogP contribution is -2.38. The Balaban J connectivity index is 1.61. The first-order valence-corrected chi connectivity index (χ1v) is 8.00. The van der Waals surface area contributed by atoms with Crippen LogP contribution in [0, 0.1) is 5.92 Å². The minimum absolute atomic E-state index is 0.0461. The molecule has 134 valence electrons. The van der Waals surface area contributed by atoms with Crippen molar-refractivity contribution in [3.8, 4) is 0 Å². The second-order valence-corrected chi connectivity index (χ2v) is 6.16. The summed E-state index contributed by atoms with van der Waals surface area (Å²) >= 11 is 5.97. The molecule has 0 unspecified atom stereocenters. The second kappa shape index (κ2) is 6.91. The molecule has 3 rings (SSSR count). The lowest BCUT2D eigenvalue weighted by molar-refractivity contribution is -0.137. The van der Waals surface area contributed by atoms with Gasteiger partial charge < -0.3 is 10.2 Å². The Kier molecular flexibility index (Phi) is 4.85. The van der Waals surface area contributed by atoms with E-state index in [2.05, 4.69) is 20.5 Å². The second-order valence-electron chi connectivity index (χ2n) is 5.75. The number of halogens is 4. The average Bonchev–Trinajstić information content (AvgIpc) is 3.07. The fraction of sp³-hybridized carbons (Fsp3) is 0.400. The molecule has 0 saturated carbocycles. The predicted molar refractivity (Wildman–Crippen MR) is 86.4 cm³/mol. The van der Waals surface area contributed by atoms with Crippen LogP contribution >= 0.6 is 11.6 Å². The first kappa shape index (κ1) is 17.5. The van der Waals surface area contributed by atoms with E-state index in [4.69, 9.17) is 11.6 Å². The van der Waals surface area contributed by atoms with Crippen LogP contribution < -0.4 is 10.2 Å². The molecule has 2 aromatic heterocycles. The minimum Gasteiger partial charge on any atom is -0.355 e. The van der Waals surface area contributed by atoms with Crippen LogP contribution in [0.3, 0.4) is 0 Å². The van der Waals surface area contributed by atoms with Gasteiger partial charge in [-0.15, -0.1) is 0 Å². The summed E-state index contributed by atoms with van der Waals surface area (Å²) in [6.07, 6.45) is -1.06. The maximum absolute atomic E-state index is 12.7. The van der Waals surface area contributed by atoms with Gasteiger partial charge in [-0.3, -0.25) is 9.89 Å². The van der Waals surface area contributed by atoms with E-state index in [-0.39, 0.29) is 16.8 Å². The molecule has 1 saturated heterocycles. The number of aromatic nitrogens is 3. The van der Waals surface area contributed by atoms with Crippen LogP contribution in [0.25, 0.3) is 0 Å².